The molecule has 12 heteroatoms. The number of nitrogens with zero attached hydrogens (tertiary/aromatic N) is 2. The van der Waals surface area contributed by atoms with Crippen molar-refractivity contribution < 1.29 is 32.6 Å². The monoisotopic (exact) mass is 514 g/mol. The lowest BCUT2D eigenvalue weighted by Gasteiger charge is -2.38. The second-order valence-corrected chi connectivity index (χ2v) is 9.20. The Morgan fingerprint density at radius 2 is 1.80 bits per heavy atom. The number of carbonyl (C=O) groups is 1. The third kappa shape index (κ3) is 5.51. The van der Waals surface area contributed by atoms with Crippen molar-refractivity contribution in [1.82, 2.24) is 15.1 Å². The second-order valence-electron chi connectivity index (χ2n) is 8.77. The maximum atomic E-state index is 13.9. The van der Waals surface area contributed by atoms with Crippen LogP contribution >= 0.6 is 11.6 Å². The van der Waals surface area contributed by atoms with E-state index in [2.05, 4.69) is 10.4 Å². The summed E-state index contributed by atoms with van der Waals surface area (Å²) in [5.74, 6) is -2.31. The zero-order valence-electron chi connectivity index (χ0n) is 18.7. The molecular formula is C23H23ClF4N4O3. The van der Waals surface area contributed by atoms with Crippen LogP contribution in [0.5, 0.6) is 5.75 Å². The van der Waals surface area contributed by atoms with Crippen molar-refractivity contribution in [1.29, 1.82) is 0 Å². The number of rotatable bonds is 7. The van der Waals surface area contributed by atoms with E-state index in [0.29, 0.717) is 10.7 Å². The predicted octanol–water partition coefficient (Wildman–Crippen LogP) is 4.34. The SMILES string of the molecule is CC(C)(C[C@](O)(CNC(=O)c1cnn(-c2ccc(Cl)cc2)c1N)C(F)(F)F)c1cc(F)ccc1O. The zero-order chi connectivity index (χ0) is 26.2. The molecular weight excluding hydrogens is 492 g/mol. The third-order valence-corrected chi connectivity index (χ3v) is 5.87. The molecule has 3 aromatic rings. The summed E-state index contributed by atoms with van der Waals surface area (Å²) in [4.78, 5) is 12.6. The van der Waals surface area contributed by atoms with Crippen molar-refractivity contribution in [2.24, 2.45) is 0 Å². The number of hydrogen-bond donors (Lipinski definition) is 4. The smallest absolute Gasteiger partial charge is 0.418 e. The van der Waals surface area contributed by atoms with Crippen molar-refractivity contribution in [3.05, 3.63) is 70.6 Å². The van der Waals surface area contributed by atoms with Gasteiger partial charge < -0.3 is 21.3 Å². The molecule has 1 amide bonds. The lowest BCUT2D eigenvalue weighted by atomic mass is 9.74. The highest BCUT2D eigenvalue weighted by molar-refractivity contribution is 6.30. The van der Waals surface area contributed by atoms with Gasteiger partial charge in [0, 0.05) is 10.6 Å². The minimum Gasteiger partial charge on any atom is -0.508 e. The fraction of sp³-hybridized carbons (Fsp3) is 0.304. The Hall–Kier alpha value is -3.31. The number of benzene rings is 2. The normalized spacial score (nSPS) is 13.9. The van der Waals surface area contributed by atoms with Crippen LogP contribution in [-0.4, -0.2) is 44.2 Å². The first-order chi connectivity index (χ1) is 16.1. The van der Waals surface area contributed by atoms with Gasteiger partial charge in [-0.3, -0.25) is 4.79 Å². The average Bonchev–Trinajstić information content (AvgIpc) is 3.14. The number of aliphatic hydroxyl groups is 1. The van der Waals surface area contributed by atoms with Crippen LogP contribution in [0.1, 0.15) is 36.2 Å². The quantitative estimate of drug-likeness (QED) is 0.350. The molecule has 0 spiro atoms. The lowest BCUT2D eigenvalue weighted by Crippen LogP contribution is -2.56. The van der Waals surface area contributed by atoms with Gasteiger partial charge >= 0.3 is 6.18 Å². The molecule has 0 saturated carbocycles. The van der Waals surface area contributed by atoms with Crippen molar-refractivity contribution in [2.45, 2.75) is 37.5 Å². The molecule has 0 aliphatic rings. The highest BCUT2D eigenvalue weighted by atomic mass is 35.5. The summed E-state index contributed by atoms with van der Waals surface area (Å²) in [7, 11) is 0. The fourth-order valence-corrected chi connectivity index (χ4v) is 3.91. The molecule has 0 unspecified atom stereocenters. The molecule has 7 nitrogen and oxygen atoms in total. The summed E-state index contributed by atoms with van der Waals surface area (Å²) < 4.78 is 56.7. The van der Waals surface area contributed by atoms with Crippen LogP contribution in [0.3, 0.4) is 0 Å². The van der Waals surface area contributed by atoms with E-state index in [1.807, 2.05) is 0 Å². The first kappa shape index (κ1) is 26.3. The van der Waals surface area contributed by atoms with E-state index >= 15 is 0 Å². The molecule has 0 saturated heterocycles. The summed E-state index contributed by atoms with van der Waals surface area (Å²) in [5.41, 5.74) is 1.17. The molecule has 2 aromatic carbocycles. The van der Waals surface area contributed by atoms with E-state index in [0.717, 1.165) is 24.4 Å². The molecule has 0 radical (unpaired) electrons. The van der Waals surface area contributed by atoms with E-state index in [1.165, 1.54) is 18.5 Å². The van der Waals surface area contributed by atoms with Gasteiger partial charge in [0.25, 0.3) is 5.91 Å². The summed E-state index contributed by atoms with van der Waals surface area (Å²) in [6, 6.07) is 9.18. The summed E-state index contributed by atoms with van der Waals surface area (Å²) in [6.45, 7) is 1.41. The maximum absolute atomic E-state index is 13.9. The number of amides is 1. The highest BCUT2D eigenvalue weighted by Gasteiger charge is 2.56. The fourth-order valence-electron chi connectivity index (χ4n) is 3.78. The van der Waals surface area contributed by atoms with Gasteiger partial charge in [0.1, 0.15) is 22.9 Å². The van der Waals surface area contributed by atoms with Gasteiger partial charge in [-0.15, -0.1) is 0 Å². The summed E-state index contributed by atoms with van der Waals surface area (Å²) >= 11 is 5.84. The van der Waals surface area contributed by atoms with Crippen LogP contribution < -0.4 is 11.1 Å². The highest BCUT2D eigenvalue weighted by Crippen LogP contribution is 2.43. The van der Waals surface area contributed by atoms with Gasteiger partial charge in [0.05, 0.1) is 18.4 Å². The number of nitrogen functional groups attached to an aromatic ring is 1. The first-order valence-corrected chi connectivity index (χ1v) is 10.7. The van der Waals surface area contributed by atoms with E-state index < -0.39 is 47.6 Å². The molecule has 0 fully saturated rings. The number of phenols is 1. The molecule has 1 atom stereocenters. The summed E-state index contributed by atoms with van der Waals surface area (Å²) in [5, 5.41) is 27.2. The number of hydrogen-bond acceptors (Lipinski definition) is 5. The number of halogens is 5. The van der Waals surface area contributed by atoms with Gasteiger partial charge in [-0.2, -0.15) is 18.3 Å². The van der Waals surface area contributed by atoms with E-state index in [9.17, 15) is 32.6 Å². The van der Waals surface area contributed by atoms with Gasteiger partial charge in [-0.05, 0) is 54.3 Å². The van der Waals surface area contributed by atoms with Crippen molar-refractivity contribution >= 4 is 23.3 Å². The van der Waals surface area contributed by atoms with Gasteiger partial charge in [-0.25, -0.2) is 9.07 Å². The number of aromatic hydroxyl groups is 1. The molecule has 5 N–H and O–H groups in total. The number of nitrogens with two attached hydrogens (primary N) is 1. The zero-order valence-corrected chi connectivity index (χ0v) is 19.5. The van der Waals surface area contributed by atoms with Crippen molar-refractivity contribution in [2.75, 3.05) is 12.3 Å². The topological polar surface area (TPSA) is 113 Å². The van der Waals surface area contributed by atoms with Gasteiger partial charge in [0.2, 0.25) is 0 Å². The van der Waals surface area contributed by atoms with Crippen molar-refractivity contribution in [3.63, 3.8) is 0 Å². The second kappa shape index (κ2) is 9.38. The Bertz CT molecular complexity index is 1230. The minimum atomic E-state index is -5.17. The van der Waals surface area contributed by atoms with Gasteiger partial charge in [0.15, 0.2) is 5.60 Å². The van der Waals surface area contributed by atoms with E-state index in [4.69, 9.17) is 17.3 Å². The number of carbonyl (C=O) groups excluding carboxylic acids is 1. The lowest BCUT2D eigenvalue weighted by molar-refractivity contribution is -0.263. The number of alkyl halides is 3. The molecule has 35 heavy (non-hydrogen) atoms. The van der Waals surface area contributed by atoms with Crippen LogP contribution in [0, 0.1) is 5.82 Å². The Kier molecular flexibility index (Phi) is 7.05. The molecule has 188 valence electrons. The van der Waals surface area contributed by atoms with Crippen LogP contribution in [-0.2, 0) is 5.41 Å². The molecule has 0 bridgehead atoms. The maximum Gasteiger partial charge on any atom is 0.418 e. The number of phenolic OH excluding ortho intramolecular Hbond substituents is 1. The van der Waals surface area contributed by atoms with Crippen LogP contribution in [0.4, 0.5) is 23.4 Å². The minimum absolute atomic E-state index is 0.125. The van der Waals surface area contributed by atoms with Crippen molar-refractivity contribution in [3.8, 4) is 11.4 Å². The Labute approximate surface area is 203 Å². The number of aromatic nitrogens is 2. The van der Waals surface area contributed by atoms with E-state index in [1.54, 1.807) is 24.3 Å². The Morgan fingerprint density at radius 3 is 2.40 bits per heavy atom. The third-order valence-electron chi connectivity index (χ3n) is 5.61. The molecule has 1 aromatic heterocycles. The Morgan fingerprint density at radius 1 is 1.17 bits per heavy atom. The molecule has 1 heterocycles. The predicted molar refractivity (Wildman–Crippen MR) is 122 cm³/mol. The standard InChI is InChI=1S/C23H23ClF4N4O3/c1-21(2,17-9-14(25)5-8-18(17)33)11-22(35,23(26,27)28)12-30-20(34)16-10-31-32(19(16)29)15-6-3-13(24)4-7-15/h3-10,33,35H,11-12,29H2,1-2H3,(H,30,34)/t22-/m0/s1. The number of nitrogens with one attached hydrogen (secondary N) is 1. The Balaban J connectivity index is 1.83. The number of anilines is 1. The molecule has 0 aliphatic carbocycles. The summed E-state index contributed by atoms with van der Waals surface area (Å²) in [6.07, 6.45) is -5.07. The molecule has 3 rings (SSSR count). The van der Waals surface area contributed by atoms with Gasteiger partial charge in [-0.1, -0.05) is 25.4 Å². The van der Waals surface area contributed by atoms with Crippen LogP contribution in [0.25, 0.3) is 5.69 Å². The average molecular weight is 515 g/mol. The van der Waals surface area contributed by atoms with Crippen LogP contribution in [0.15, 0.2) is 48.7 Å². The van der Waals surface area contributed by atoms with Crippen LogP contribution in [0.2, 0.25) is 5.02 Å². The molecule has 0 aliphatic heterocycles. The van der Waals surface area contributed by atoms with E-state index in [-0.39, 0.29) is 16.9 Å². The first-order valence-electron chi connectivity index (χ1n) is 10.3. The largest absolute Gasteiger partial charge is 0.508 e.